The molecule has 0 aliphatic carbocycles. The number of imide groups is 1. The summed E-state index contributed by atoms with van der Waals surface area (Å²) < 4.78 is 2.16. The van der Waals surface area contributed by atoms with Crippen molar-refractivity contribution >= 4 is 11.8 Å². The number of hydrogen-bond donors (Lipinski definition) is 1. The average molecular weight is 249 g/mol. The normalized spacial score (nSPS) is 19.9. The van der Waals surface area contributed by atoms with Gasteiger partial charge < -0.3 is 4.57 Å². The molecule has 0 spiro atoms. The summed E-state index contributed by atoms with van der Waals surface area (Å²) >= 11 is 0. The molecular formula is C13H19N3O2. The lowest BCUT2D eigenvalue weighted by Crippen LogP contribution is -2.37. The zero-order chi connectivity index (χ0) is 13.1. The van der Waals surface area contributed by atoms with E-state index in [1.807, 2.05) is 18.3 Å². The highest BCUT2D eigenvalue weighted by molar-refractivity contribution is 6.05. The Morgan fingerprint density at radius 2 is 2.22 bits per heavy atom. The van der Waals surface area contributed by atoms with E-state index >= 15 is 0 Å². The molecule has 1 aromatic heterocycles. The Kier molecular flexibility index (Phi) is 3.81. The molecule has 0 radical (unpaired) electrons. The summed E-state index contributed by atoms with van der Waals surface area (Å²) in [6, 6.07) is 3.67. The van der Waals surface area contributed by atoms with E-state index < -0.39 is 0 Å². The fourth-order valence-electron chi connectivity index (χ4n) is 2.21. The van der Waals surface area contributed by atoms with Crippen LogP contribution in [-0.4, -0.2) is 34.4 Å². The first-order chi connectivity index (χ1) is 8.63. The van der Waals surface area contributed by atoms with Crippen LogP contribution >= 0.6 is 0 Å². The molecule has 0 saturated carbocycles. The van der Waals surface area contributed by atoms with Crippen LogP contribution in [0.4, 0.5) is 0 Å². The Balaban J connectivity index is 1.94. The number of carbonyl (C=O) groups excluding carboxylic acids is 2. The van der Waals surface area contributed by atoms with Crippen LogP contribution in [0.25, 0.3) is 0 Å². The van der Waals surface area contributed by atoms with Crippen molar-refractivity contribution in [3.05, 3.63) is 24.0 Å². The van der Waals surface area contributed by atoms with Crippen molar-refractivity contribution in [1.82, 2.24) is 14.8 Å². The maximum atomic E-state index is 11.7. The van der Waals surface area contributed by atoms with E-state index in [4.69, 9.17) is 0 Å². The Labute approximate surface area is 107 Å². The first kappa shape index (κ1) is 12.8. The van der Waals surface area contributed by atoms with E-state index in [-0.39, 0.29) is 24.3 Å². The van der Waals surface area contributed by atoms with E-state index in [0.717, 1.165) is 18.7 Å². The number of aryl methyl sites for hydroxylation is 1. The molecule has 1 aliphatic rings. The zero-order valence-corrected chi connectivity index (χ0v) is 10.8. The largest absolute Gasteiger partial charge is 0.350 e. The average Bonchev–Trinajstić information content (AvgIpc) is 2.88. The molecule has 0 bridgehead atoms. The van der Waals surface area contributed by atoms with Gasteiger partial charge in [-0.25, -0.2) is 0 Å². The smallest absolute Gasteiger partial charge is 0.246 e. The summed E-state index contributed by atoms with van der Waals surface area (Å²) in [5.41, 5.74) is 1.15. The van der Waals surface area contributed by atoms with Gasteiger partial charge in [-0.3, -0.25) is 19.8 Å². The molecule has 18 heavy (non-hydrogen) atoms. The predicted molar refractivity (Wildman–Crippen MR) is 67.7 cm³/mol. The Bertz CT molecular complexity index is 453. The van der Waals surface area contributed by atoms with Crippen molar-refractivity contribution in [2.45, 2.75) is 38.9 Å². The highest BCUT2D eigenvalue weighted by atomic mass is 16.2. The second kappa shape index (κ2) is 5.35. The quantitative estimate of drug-likeness (QED) is 0.783. The van der Waals surface area contributed by atoms with Crippen molar-refractivity contribution in [2.75, 3.05) is 7.05 Å². The van der Waals surface area contributed by atoms with Gasteiger partial charge in [0.2, 0.25) is 11.8 Å². The first-order valence-electron chi connectivity index (χ1n) is 6.31. The van der Waals surface area contributed by atoms with Crippen LogP contribution in [0.15, 0.2) is 18.3 Å². The van der Waals surface area contributed by atoms with Crippen LogP contribution in [-0.2, 0) is 22.7 Å². The topological polar surface area (TPSA) is 54.3 Å². The minimum absolute atomic E-state index is 0.110. The van der Waals surface area contributed by atoms with Gasteiger partial charge in [-0.1, -0.05) is 6.92 Å². The highest BCUT2D eigenvalue weighted by Gasteiger charge is 2.35. The van der Waals surface area contributed by atoms with Crippen molar-refractivity contribution in [1.29, 1.82) is 0 Å². The van der Waals surface area contributed by atoms with Gasteiger partial charge in [0, 0.05) is 32.0 Å². The number of aromatic nitrogens is 1. The van der Waals surface area contributed by atoms with E-state index in [2.05, 4.69) is 16.8 Å². The van der Waals surface area contributed by atoms with Crippen LogP contribution in [0.2, 0.25) is 0 Å². The molecule has 1 atom stereocenters. The predicted octanol–water partition coefficient (Wildman–Crippen LogP) is 0.745. The standard InChI is InChI=1S/C13H19N3O2/c1-3-6-16-7-4-5-10(16)9-14-11-8-12(17)15(2)13(11)18/h4-5,7,11,14H,3,6,8-9H2,1-2H3. The molecule has 2 heterocycles. The van der Waals surface area contributed by atoms with Crippen LogP contribution in [0.5, 0.6) is 0 Å². The van der Waals surface area contributed by atoms with Crippen molar-refractivity contribution in [3.8, 4) is 0 Å². The molecule has 1 N–H and O–H groups in total. The molecule has 0 aromatic carbocycles. The summed E-state index contributed by atoms with van der Waals surface area (Å²) in [5, 5.41) is 3.16. The van der Waals surface area contributed by atoms with Gasteiger partial charge >= 0.3 is 0 Å². The van der Waals surface area contributed by atoms with Gasteiger partial charge in [0.25, 0.3) is 0 Å². The molecule has 5 nitrogen and oxygen atoms in total. The van der Waals surface area contributed by atoms with Crippen LogP contribution in [0.1, 0.15) is 25.5 Å². The zero-order valence-electron chi connectivity index (χ0n) is 10.8. The number of likely N-dealkylation sites (tertiary alicyclic amines) is 1. The SMILES string of the molecule is CCCn1cccc1CNC1CC(=O)N(C)C1=O. The first-order valence-corrected chi connectivity index (χ1v) is 6.31. The summed E-state index contributed by atoms with van der Waals surface area (Å²) in [6.45, 7) is 3.72. The van der Waals surface area contributed by atoms with Crippen molar-refractivity contribution in [2.24, 2.45) is 0 Å². The van der Waals surface area contributed by atoms with Gasteiger partial charge in [-0.05, 0) is 18.6 Å². The monoisotopic (exact) mass is 249 g/mol. The van der Waals surface area contributed by atoms with Gasteiger partial charge in [-0.2, -0.15) is 0 Å². The third kappa shape index (κ3) is 2.46. The maximum absolute atomic E-state index is 11.7. The summed E-state index contributed by atoms with van der Waals surface area (Å²) in [6.07, 6.45) is 3.38. The molecular weight excluding hydrogens is 230 g/mol. The molecule has 1 aromatic rings. The van der Waals surface area contributed by atoms with E-state index in [1.165, 1.54) is 11.9 Å². The molecule has 1 fully saturated rings. The van der Waals surface area contributed by atoms with Crippen LogP contribution in [0, 0.1) is 0 Å². The third-order valence-electron chi connectivity index (χ3n) is 3.30. The molecule has 98 valence electrons. The maximum Gasteiger partial charge on any atom is 0.246 e. The van der Waals surface area contributed by atoms with Crippen LogP contribution < -0.4 is 5.32 Å². The summed E-state index contributed by atoms with van der Waals surface area (Å²) in [5.74, 6) is -0.241. The number of rotatable bonds is 5. The van der Waals surface area contributed by atoms with E-state index in [0.29, 0.717) is 6.54 Å². The molecule has 5 heteroatoms. The lowest BCUT2D eigenvalue weighted by molar-refractivity contribution is -0.137. The number of hydrogen-bond acceptors (Lipinski definition) is 3. The number of amides is 2. The number of carbonyl (C=O) groups is 2. The molecule has 2 rings (SSSR count). The molecule has 1 unspecified atom stereocenters. The van der Waals surface area contributed by atoms with Gasteiger partial charge in [-0.15, -0.1) is 0 Å². The number of nitrogens with zero attached hydrogens (tertiary/aromatic N) is 2. The molecule has 1 saturated heterocycles. The number of nitrogens with one attached hydrogen (secondary N) is 1. The Hall–Kier alpha value is -1.62. The van der Waals surface area contributed by atoms with Crippen molar-refractivity contribution < 1.29 is 9.59 Å². The lowest BCUT2D eigenvalue weighted by atomic mass is 10.2. The third-order valence-corrected chi connectivity index (χ3v) is 3.30. The molecule has 2 amide bonds. The van der Waals surface area contributed by atoms with Gasteiger partial charge in [0.15, 0.2) is 0 Å². The number of likely N-dealkylation sites (N-methyl/N-ethyl adjacent to an activating group) is 1. The Morgan fingerprint density at radius 3 is 2.83 bits per heavy atom. The highest BCUT2D eigenvalue weighted by Crippen LogP contribution is 2.12. The fourth-order valence-corrected chi connectivity index (χ4v) is 2.21. The van der Waals surface area contributed by atoms with Crippen molar-refractivity contribution in [3.63, 3.8) is 0 Å². The van der Waals surface area contributed by atoms with Gasteiger partial charge in [0.05, 0.1) is 12.5 Å². The minimum Gasteiger partial charge on any atom is -0.350 e. The second-order valence-corrected chi connectivity index (χ2v) is 4.62. The summed E-state index contributed by atoms with van der Waals surface area (Å²) in [7, 11) is 1.53. The van der Waals surface area contributed by atoms with Crippen LogP contribution in [0.3, 0.4) is 0 Å². The van der Waals surface area contributed by atoms with Gasteiger partial charge in [0.1, 0.15) is 0 Å². The van der Waals surface area contributed by atoms with E-state index in [1.54, 1.807) is 0 Å². The minimum atomic E-state index is -0.368. The fraction of sp³-hybridized carbons (Fsp3) is 0.538. The molecule has 1 aliphatic heterocycles. The van der Waals surface area contributed by atoms with E-state index in [9.17, 15) is 9.59 Å². The lowest BCUT2D eigenvalue weighted by Gasteiger charge is -2.12. The summed E-state index contributed by atoms with van der Waals surface area (Å²) in [4.78, 5) is 24.3. The second-order valence-electron chi connectivity index (χ2n) is 4.62. The Morgan fingerprint density at radius 1 is 1.44 bits per heavy atom.